The van der Waals surface area contributed by atoms with Crippen LogP contribution in [0.25, 0.3) is 0 Å². The number of guanidine groups is 1. The molecule has 0 atom stereocenters. The normalized spacial score (nSPS) is 15.3. The number of amides is 1. The highest BCUT2D eigenvalue weighted by atomic mass is 19.4. The molecule has 7 nitrogen and oxygen atoms in total. The molecule has 1 saturated heterocycles. The van der Waals surface area contributed by atoms with E-state index in [-0.39, 0.29) is 17.4 Å². The molecule has 29 heavy (non-hydrogen) atoms. The highest BCUT2D eigenvalue weighted by Gasteiger charge is 2.29. The largest absolute Gasteiger partial charge is 0.493 e. The summed E-state index contributed by atoms with van der Waals surface area (Å²) in [6, 6.07) is 4.73. The highest BCUT2D eigenvalue weighted by Crippen LogP contribution is 2.30. The first-order valence-corrected chi connectivity index (χ1v) is 9.38. The van der Waals surface area contributed by atoms with E-state index in [0.29, 0.717) is 39.3 Å². The van der Waals surface area contributed by atoms with Crippen LogP contribution >= 0.6 is 0 Å². The number of hydrogen-bond donors (Lipinski definition) is 1. The summed E-state index contributed by atoms with van der Waals surface area (Å²) >= 11 is 0. The van der Waals surface area contributed by atoms with E-state index < -0.39 is 12.8 Å². The predicted octanol–water partition coefficient (Wildman–Crippen LogP) is 2.27. The number of carbonyl (C=O) groups excluding carboxylic acids is 1. The molecule has 0 aliphatic carbocycles. The average molecular weight is 416 g/mol. The number of piperazine rings is 1. The van der Waals surface area contributed by atoms with Crippen LogP contribution in [-0.2, 0) is 11.3 Å². The first-order valence-electron chi connectivity index (χ1n) is 9.38. The SMILES string of the molecule is CCNC(=NCc1ccc(OCC(F)(F)F)c(OC)c1)N1CCN(C(C)=O)CC1. The van der Waals surface area contributed by atoms with Crippen molar-refractivity contribution in [3.05, 3.63) is 23.8 Å². The summed E-state index contributed by atoms with van der Waals surface area (Å²) < 4.78 is 47.0. The Kier molecular flexibility index (Phi) is 7.98. The van der Waals surface area contributed by atoms with E-state index in [1.807, 2.05) is 6.92 Å². The first-order chi connectivity index (χ1) is 13.7. The molecule has 1 amide bonds. The second-order valence-corrected chi connectivity index (χ2v) is 6.55. The predicted molar refractivity (Wildman–Crippen MR) is 103 cm³/mol. The number of nitrogens with zero attached hydrogens (tertiary/aromatic N) is 3. The number of alkyl halides is 3. The van der Waals surface area contributed by atoms with Gasteiger partial charge < -0.3 is 24.6 Å². The Labute approximate surface area is 168 Å². The summed E-state index contributed by atoms with van der Waals surface area (Å²) in [4.78, 5) is 20.0. The van der Waals surface area contributed by atoms with Crippen molar-refractivity contribution in [1.82, 2.24) is 15.1 Å². The highest BCUT2D eigenvalue weighted by molar-refractivity contribution is 5.80. The Morgan fingerprint density at radius 1 is 1.17 bits per heavy atom. The lowest BCUT2D eigenvalue weighted by Crippen LogP contribution is -2.53. The number of halogens is 3. The van der Waals surface area contributed by atoms with Crippen molar-refractivity contribution in [2.45, 2.75) is 26.6 Å². The van der Waals surface area contributed by atoms with E-state index in [9.17, 15) is 18.0 Å². The number of ether oxygens (including phenoxy) is 2. The van der Waals surface area contributed by atoms with Crippen molar-refractivity contribution in [2.75, 3.05) is 46.4 Å². The lowest BCUT2D eigenvalue weighted by Gasteiger charge is -2.36. The van der Waals surface area contributed by atoms with E-state index in [1.165, 1.54) is 13.2 Å². The van der Waals surface area contributed by atoms with Gasteiger partial charge in [0.1, 0.15) is 0 Å². The van der Waals surface area contributed by atoms with Crippen LogP contribution in [0.4, 0.5) is 13.2 Å². The third kappa shape index (κ3) is 7.03. The second-order valence-electron chi connectivity index (χ2n) is 6.55. The molecule has 162 valence electrons. The van der Waals surface area contributed by atoms with Gasteiger partial charge in [-0.3, -0.25) is 4.79 Å². The Morgan fingerprint density at radius 2 is 1.83 bits per heavy atom. The maximum atomic E-state index is 12.4. The Balaban J connectivity index is 2.05. The van der Waals surface area contributed by atoms with E-state index in [4.69, 9.17) is 9.47 Å². The fourth-order valence-electron chi connectivity index (χ4n) is 2.91. The molecule has 1 aliphatic heterocycles. The third-order valence-electron chi connectivity index (χ3n) is 4.39. The van der Waals surface area contributed by atoms with Crippen LogP contribution in [0.2, 0.25) is 0 Å². The van der Waals surface area contributed by atoms with Gasteiger partial charge in [0, 0.05) is 39.6 Å². The topological polar surface area (TPSA) is 66.4 Å². The zero-order valence-electron chi connectivity index (χ0n) is 16.9. The van der Waals surface area contributed by atoms with Crippen molar-refractivity contribution in [3.63, 3.8) is 0 Å². The summed E-state index contributed by atoms with van der Waals surface area (Å²) in [5.41, 5.74) is 0.777. The quantitative estimate of drug-likeness (QED) is 0.569. The minimum absolute atomic E-state index is 0.0322. The number of nitrogens with one attached hydrogen (secondary N) is 1. The van der Waals surface area contributed by atoms with Gasteiger partial charge in [0.15, 0.2) is 24.1 Å². The molecule has 1 aromatic rings. The molecule has 0 bridgehead atoms. The van der Waals surface area contributed by atoms with Gasteiger partial charge in [0.05, 0.1) is 13.7 Å². The number of methoxy groups -OCH3 is 1. The fraction of sp³-hybridized carbons (Fsp3) is 0.579. The number of benzene rings is 1. The van der Waals surface area contributed by atoms with Crippen molar-refractivity contribution in [3.8, 4) is 11.5 Å². The van der Waals surface area contributed by atoms with Crippen molar-refractivity contribution >= 4 is 11.9 Å². The molecule has 1 aromatic carbocycles. The lowest BCUT2D eigenvalue weighted by molar-refractivity contribution is -0.153. The number of rotatable bonds is 6. The molecular weight excluding hydrogens is 389 g/mol. The molecular formula is C19H27F3N4O3. The molecule has 0 radical (unpaired) electrons. The van der Waals surface area contributed by atoms with E-state index >= 15 is 0 Å². The third-order valence-corrected chi connectivity index (χ3v) is 4.39. The van der Waals surface area contributed by atoms with Crippen LogP contribution in [0.5, 0.6) is 11.5 Å². The maximum absolute atomic E-state index is 12.4. The van der Waals surface area contributed by atoms with Gasteiger partial charge >= 0.3 is 6.18 Å². The van der Waals surface area contributed by atoms with Crippen LogP contribution in [0, 0.1) is 0 Å². The van der Waals surface area contributed by atoms with Gasteiger partial charge in [0.25, 0.3) is 0 Å². The molecule has 1 heterocycles. The fourth-order valence-corrected chi connectivity index (χ4v) is 2.91. The van der Waals surface area contributed by atoms with Gasteiger partial charge in [0.2, 0.25) is 5.91 Å². The number of carbonyl (C=O) groups is 1. The van der Waals surface area contributed by atoms with Gasteiger partial charge in [-0.05, 0) is 24.6 Å². The van der Waals surface area contributed by atoms with Crippen LogP contribution in [0.1, 0.15) is 19.4 Å². The standard InChI is InChI=1S/C19H27F3N4O3/c1-4-23-18(26-9-7-25(8-10-26)14(2)27)24-12-15-5-6-16(17(11-15)28-3)29-13-19(20,21)22/h5-6,11H,4,7-10,12-13H2,1-3H3,(H,23,24). The molecule has 0 unspecified atom stereocenters. The van der Waals surface area contributed by atoms with Crippen LogP contribution in [-0.4, -0.2) is 74.3 Å². The smallest absolute Gasteiger partial charge is 0.422 e. The monoisotopic (exact) mass is 416 g/mol. The zero-order chi connectivity index (χ0) is 21.4. The van der Waals surface area contributed by atoms with Gasteiger partial charge in [-0.1, -0.05) is 6.07 Å². The minimum atomic E-state index is -4.42. The minimum Gasteiger partial charge on any atom is -0.493 e. The summed E-state index contributed by atoms with van der Waals surface area (Å²) in [5, 5.41) is 3.24. The summed E-state index contributed by atoms with van der Waals surface area (Å²) in [7, 11) is 1.38. The summed E-state index contributed by atoms with van der Waals surface area (Å²) in [5.74, 6) is 1.05. The van der Waals surface area contributed by atoms with Crippen LogP contribution < -0.4 is 14.8 Å². The van der Waals surface area contributed by atoms with Crippen molar-refractivity contribution in [1.29, 1.82) is 0 Å². The molecule has 0 saturated carbocycles. The summed E-state index contributed by atoms with van der Waals surface area (Å²) in [6.45, 7) is 5.80. The molecule has 0 aromatic heterocycles. The Bertz CT molecular complexity index is 717. The molecule has 1 aliphatic rings. The average Bonchev–Trinajstić information content (AvgIpc) is 2.69. The zero-order valence-corrected chi connectivity index (χ0v) is 16.9. The Hall–Kier alpha value is -2.65. The number of hydrogen-bond acceptors (Lipinski definition) is 4. The lowest BCUT2D eigenvalue weighted by atomic mass is 10.2. The van der Waals surface area contributed by atoms with Gasteiger partial charge in [-0.25, -0.2) is 4.99 Å². The summed E-state index contributed by atoms with van der Waals surface area (Å²) in [6.07, 6.45) is -4.42. The molecule has 1 fully saturated rings. The first kappa shape index (κ1) is 22.6. The van der Waals surface area contributed by atoms with Gasteiger partial charge in [-0.2, -0.15) is 13.2 Å². The maximum Gasteiger partial charge on any atom is 0.422 e. The van der Waals surface area contributed by atoms with Crippen molar-refractivity contribution < 1.29 is 27.4 Å². The Morgan fingerprint density at radius 3 is 2.38 bits per heavy atom. The number of aliphatic imine (C=N–C) groups is 1. The van der Waals surface area contributed by atoms with Crippen LogP contribution in [0.3, 0.4) is 0 Å². The van der Waals surface area contributed by atoms with Crippen LogP contribution in [0.15, 0.2) is 23.2 Å². The van der Waals surface area contributed by atoms with Crippen molar-refractivity contribution in [2.24, 2.45) is 4.99 Å². The molecule has 0 spiro atoms. The molecule has 10 heteroatoms. The van der Waals surface area contributed by atoms with E-state index in [2.05, 4.69) is 15.2 Å². The molecule has 1 N–H and O–H groups in total. The van der Waals surface area contributed by atoms with Gasteiger partial charge in [-0.15, -0.1) is 0 Å². The second kappa shape index (κ2) is 10.2. The van der Waals surface area contributed by atoms with E-state index in [1.54, 1.807) is 24.0 Å². The molecule has 2 rings (SSSR count). The van der Waals surface area contributed by atoms with E-state index in [0.717, 1.165) is 11.5 Å².